The summed E-state index contributed by atoms with van der Waals surface area (Å²) < 4.78 is 33.2. The summed E-state index contributed by atoms with van der Waals surface area (Å²) in [6.07, 6.45) is 0.00590. The Morgan fingerprint density at radius 2 is 1.85 bits per heavy atom. The number of carbonyl (C=O) groups is 3. The number of aryl methyl sites for hydroxylation is 2. The van der Waals surface area contributed by atoms with Gasteiger partial charge in [0.1, 0.15) is 22.8 Å². The third-order valence-corrected chi connectivity index (χ3v) is 9.68. The minimum absolute atomic E-state index is 0.00930. The highest BCUT2D eigenvalue weighted by Crippen LogP contribution is 2.52. The van der Waals surface area contributed by atoms with E-state index in [1.807, 2.05) is 0 Å². The van der Waals surface area contributed by atoms with Gasteiger partial charge in [-0.2, -0.15) is 0 Å². The second-order valence-corrected chi connectivity index (χ2v) is 12.3. The largest absolute Gasteiger partial charge is 0.510 e. The number of aliphatic hydroxyl groups is 3. The van der Waals surface area contributed by atoms with Gasteiger partial charge in [0, 0.05) is 11.5 Å². The molecular weight excluding hydrogens is 560 g/mol. The molecule has 0 radical (unpaired) electrons. The minimum Gasteiger partial charge on any atom is -0.510 e. The van der Waals surface area contributed by atoms with Crippen LogP contribution in [0.5, 0.6) is 5.75 Å². The molecule has 14 nitrogen and oxygen atoms in total. The highest BCUT2D eigenvalue weighted by atomic mass is 32.2. The van der Waals surface area contributed by atoms with E-state index in [9.17, 15) is 43.2 Å². The number of likely N-dealkylation sites (N-methyl/N-ethyl adjacent to an activating group) is 1. The Morgan fingerprint density at radius 3 is 2.41 bits per heavy atom. The molecule has 0 saturated carbocycles. The maximum atomic E-state index is 13.8. The number of phenols is 1. The maximum Gasteiger partial charge on any atom is 0.267 e. The van der Waals surface area contributed by atoms with E-state index in [-0.39, 0.29) is 46.0 Å². The Morgan fingerprint density at radius 1 is 1.20 bits per heavy atom. The molecule has 0 unspecified atom stereocenters. The van der Waals surface area contributed by atoms with Gasteiger partial charge in [-0.25, -0.2) is 8.42 Å². The molecular formula is C26H28N4O10S. The van der Waals surface area contributed by atoms with Crippen molar-refractivity contribution in [2.45, 2.75) is 43.2 Å². The molecule has 1 amide bonds. The second-order valence-electron chi connectivity index (χ2n) is 10.7. The first-order valence-electron chi connectivity index (χ1n) is 12.5. The van der Waals surface area contributed by atoms with Crippen LogP contribution in [0.25, 0.3) is 0 Å². The van der Waals surface area contributed by atoms with Crippen molar-refractivity contribution in [1.29, 1.82) is 0 Å². The Kier molecular flexibility index (Phi) is 6.32. The molecule has 0 spiro atoms. The quantitative estimate of drug-likeness (QED) is 0.207. The molecule has 218 valence electrons. The number of sulfonamides is 1. The van der Waals surface area contributed by atoms with Crippen LogP contribution in [0.3, 0.4) is 0 Å². The summed E-state index contributed by atoms with van der Waals surface area (Å²) in [4.78, 5) is 40.5. The predicted octanol–water partition coefficient (Wildman–Crippen LogP) is 0.526. The smallest absolute Gasteiger partial charge is 0.267 e. The summed E-state index contributed by atoms with van der Waals surface area (Å²) in [5.41, 5.74) is 1.04. The lowest BCUT2D eigenvalue weighted by molar-refractivity contribution is -0.148. The first-order chi connectivity index (χ1) is 19.0. The van der Waals surface area contributed by atoms with Crippen molar-refractivity contribution in [1.82, 2.24) is 10.1 Å². The molecule has 0 bridgehead atoms. The molecule has 3 aliphatic carbocycles. The maximum absolute atomic E-state index is 13.8. The number of primary amides is 1. The molecule has 2 aromatic rings. The number of nitrogens with one attached hydrogen (secondary N) is 1. The summed E-state index contributed by atoms with van der Waals surface area (Å²) in [5, 5.41) is 48.5. The molecule has 0 saturated heterocycles. The fraction of sp³-hybridized carbons (Fsp3) is 0.385. The number of anilines is 1. The van der Waals surface area contributed by atoms with E-state index in [0.29, 0.717) is 5.56 Å². The number of allylic oxidation sites excluding steroid dienone is 1. The number of aromatic nitrogens is 1. The first kappa shape index (κ1) is 28.3. The molecule has 1 heterocycles. The van der Waals surface area contributed by atoms with Crippen molar-refractivity contribution >= 4 is 33.2 Å². The molecule has 5 rings (SSSR count). The number of aromatic hydroxyl groups is 1. The van der Waals surface area contributed by atoms with Crippen LogP contribution in [0.4, 0.5) is 5.69 Å². The van der Waals surface area contributed by atoms with Crippen LogP contribution in [0.15, 0.2) is 44.2 Å². The molecule has 3 aliphatic rings. The van der Waals surface area contributed by atoms with E-state index in [4.69, 9.17) is 10.3 Å². The molecule has 4 atom stereocenters. The topological polar surface area (TPSA) is 234 Å². The lowest BCUT2D eigenvalue weighted by Gasteiger charge is -2.50. The zero-order valence-corrected chi connectivity index (χ0v) is 23.2. The number of nitrogens with zero attached hydrogens (tertiary/aromatic N) is 2. The Hall–Kier alpha value is -4.21. The van der Waals surface area contributed by atoms with Crippen molar-refractivity contribution in [3.8, 4) is 5.75 Å². The van der Waals surface area contributed by atoms with Crippen LogP contribution in [-0.2, 0) is 26.0 Å². The number of ketones is 2. The number of rotatable bonds is 5. The van der Waals surface area contributed by atoms with Gasteiger partial charge in [-0.15, -0.1) is 0 Å². The number of carbonyl (C=O) groups excluding carboxylic acids is 3. The van der Waals surface area contributed by atoms with Crippen LogP contribution < -0.4 is 10.5 Å². The highest BCUT2D eigenvalue weighted by molar-refractivity contribution is 7.92. The number of hydrogen-bond acceptors (Lipinski definition) is 12. The predicted molar refractivity (Wildman–Crippen MR) is 140 cm³/mol. The zero-order valence-electron chi connectivity index (χ0n) is 22.4. The van der Waals surface area contributed by atoms with Crippen molar-refractivity contribution in [3.63, 3.8) is 0 Å². The van der Waals surface area contributed by atoms with Crippen molar-refractivity contribution in [2.75, 3.05) is 18.8 Å². The molecule has 1 aromatic carbocycles. The standard InChI is InChI=1S/C26H28N4O10S/c1-9-22(10(2)40-28-9)41(38,39)29-14-6-5-11-7-12-8-13-18(30(3)4)21(33)17(25(27)36)24(35)26(13,37)23(34)16(12)20(32)15(11)19(14)31/h5-6,12-13,18,29,31,33-34,37H,7-8H2,1-4H3,(H2,27,36)/t12-,13-,18-,26-/m1/s1. The number of benzene rings is 1. The molecule has 15 heteroatoms. The number of phenolic OH excluding ortho intramolecular Hbond substituents is 1. The average molecular weight is 589 g/mol. The van der Waals surface area contributed by atoms with E-state index >= 15 is 0 Å². The number of Topliss-reactive ketones (excluding diaryl/α,β-unsaturated/α-hetero) is 2. The minimum atomic E-state index is -4.30. The second kappa shape index (κ2) is 9.15. The number of amides is 1. The van der Waals surface area contributed by atoms with Gasteiger partial charge in [0.2, 0.25) is 5.78 Å². The van der Waals surface area contributed by atoms with E-state index in [1.54, 1.807) is 0 Å². The van der Waals surface area contributed by atoms with Gasteiger partial charge in [0.15, 0.2) is 27.8 Å². The molecule has 41 heavy (non-hydrogen) atoms. The van der Waals surface area contributed by atoms with Crippen LogP contribution in [0.2, 0.25) is 0 Å². The Balaban J connectivity index is 1.63. The number of hydrogen-bond donors (Lipinski definition) is 6. The van der Waals surface area contributed by atoms with Crippen LogP contribution in [0, 0.1) is 25.7 Å². The Bertz CT molecular complexity index is 1700. The summed E-state index contributed by atoms with van der Waals surface area (Å²) in [6, 6.07) is 1.63. The van der Waals surface area contributed by atoms with Crippen molar-refractivity contribution in [3.05, 3.63) is 57.4 Å². The number of nitrogens with two attached hydrogens (primary N) is 1. The molecule has 1 aromatic heterocycles. The highest BCUT2D eigenvalue weighted by Gasteiger charge is 2.63. The average Bonchev–Trinajstić information content (AvgIpc) is 3.21. The molecule has 0 aliphatic heterocycles. The van der Waals surface area contributed by atoms with Gasteiger partial charge in [0.05, 0.1) is 17.3 Å². The lowest BCUT2D eigenvalue weighted by atomic mass is 9.58. The van der Waals surface area contributed by atoms with Gasteiger partial charge >= 0.3 is 0 Å². The monoisotopic (exact) mass is 588 g/mol. The summed E-state index contributed by atoms with van der Waals surface area (Å²) in [7, 11) is -1.22. The van der Waals surface area contributed by atoms with Crippen LogP contribution in [0.1, 0.15) is 33.8 Å². The van der Waals surface area contributed by atoms with Crippen LogP contribution in [-0.4, -0.2) is 82.1 Å². The Labute approximate surface area is 233 Å². The van der Waals surface area contributed by atoms with E-state index < -0.39 is 73.8 Å². The zero-order chi connectivity index (χ0) is 30.3. The normalized spacial score (nSPS) is 26.1. The summed E-state index contributed by atoms with van der Waals surface area (Å²) in [6.45, 7) is 2.82. The van der Waals surface area contributed by atoms with Crippen molar-refractivity contribution in [2.24, 2.45) is 17.6 Å². The SMILES string of the molecule is Cc1noc(C)c1S(=O)(=O)Nc1ccc2c(c1O)C(=O)C1=C(O)[C@@]3(O)C(=O)C(C(N)=O)=C(O)[C@H](N(C)C)[C@H]3C[C@H]1C2. The third kappa shape index (κ3) is 3.87. The molecule has 0 fully saturated rings. The fourth-order valence-corrected chi connectivity index (χ4v) is 7.76. The first-order valence-corrected chi connectivity index (χ1v) is 14.0. The number of fused-ring (bicyclic) bond motifs is 3. The van der Waals surface area contributed by atoms with Crippen molar-refractivity contribution < 1.29 is 47.8 Å². The van der Waals surface area contributed by atoms with Crippen LogP contribution >= 0.6 is 0 Å². The fourth-order valence-electron chi connectivity index (χ4n) is 6.36. The summed E-state index contributed by atoms with van der Waals surface area (Å²) >= 11 is 0. The van der Waals surface area contributed by atoms with Gasteiger partial charge in [0.25, 0.3) is 15.9 Å². The molecule has 7 N–H and O–H groups in total. The van der Waals surface area contributed by atoms with E-state index in [2.05, 4.69) is 9.88 Å². The van der Waals surface area contributed by atoms with Gasteiger partial charge in [-0.05, 0) is 58.3 Å². The lowest BCUT2D eigenvalue weighted by Crippen LogP contribution is -2.63. The van der Waals surface area contributed by atoms with E-state index in [0.717, 1.165) is 0 Å². The van der Waals surface area contributed by atoms with Gasteiger partial charge in [-0.1, -0.05) is 11.2 Å². The summed E-state index contributed by atoms with van der Waals surface area (Å²) in [5.74, 6) is -7.90. The van der Waals surface area contributed by atoms with Gasteiger partial charge in [-0.3, -0.25) is 24.0 Å². The number of aliphatic hydroxyl groups excluding tert-OH is 2. The van der Waals surface area contributed by atoms with Gasteiger partial charge < -0.3 is 30.7 Å². The third-order valence-electron chi connectivity index (χ3n) is 8.08. The van der Waals surface area contributed by atoms with E-state index in [1.165, 1.54) is 45.0 Å².